The third kappa shape index (κ3) is 3.17. The summed E-state index contributed by atoms with van der Waals surface area (Å²) in [5.74, 6) is 0.629. The standard InChI is InChI=1S/C22H13ClN2O2/c23-19-7-3-1-6-17(19)21-10-9-15(27-21)11-14(12-24)22(26)18-13-25-20-8-4-2-5-16(18)20/h1-11,13,25H. The summed E-state index contributed by atoms with van der Waals surface area (Å²) in [7, 11) is 0. The number of nitrogens with one attached hydrogen (secondary N) is 1. The van der Waals surface area contributed by atoms with Crippen LogP contribution < -0.4 is 0 Å². The number of nitriles is 1. The maximum atomic E-state index is 12.8. The predicted molar refractivity (Wildman–Crippen MR) is 105 cm³/mol. The van der Waals surface area contributed by atoms with E-state index in [2.05, 4.69) is 4.98 Å². The highest BCUT2D eigenvalue weighted by atomic mass is 35.5. The van der Waals surface area contributed by atoms with Crippen LogP contribution in [0.2, 0.25) is 5.02 Å². The maximum Gasteiger partial charge on any atom is 0.205 e. The number of benzene rings is 2. The van der Waals surface area contributed by atoms with E-state index in [1.54, 1.807) is 24.4 Å². The van der Waals surface area contributed by atoms with Gasteiger partial charge >= 0.3 is 0 Å². The molecule has 4 aromatic rings. The number of rotatable bonds is 4. The number of hydrogen-bond donors (Lipinski definition) is 1. The molecule has 2 aromatic heterocycles. The minimum atomic E-state index is -0.356. The van der Waals surface area contributed by atoms with Crippen LogP contribution in [0.5, 0.6) is 0 Å². The molecule has 0 atom stereocenters. The van der Waals surface area contributed by atoms with Gasteiger partial charge in [0, 0.05) is 34.3 Å². The van der Waals surface area contributed by atoms with Crippen molar-refractivity contribution in [1.29, 1.82) is 5.26 Å². The van der Waals surface area contributed by atoms with Gasteiger partial charge in [0.25, 0.3) is 0 Å². The van der Waals surface area contributed by atoms with Crippen molar-refractivity contribution in [3.8, 4) is 17.4 Å². The van der Waals surface area contributed by atoms with E-state index in [4.69, 9.17) is 16.0 Å². The molecule has 4 rings (SSSR count). The summed E-state index contributed by atoms with van der Waals surface area (Å²) < 4.78 is 5.77. The van der Waals surface area contributed by atoms with Crippen molar-refractivity contribution in [2.24, 2.45) is 0 Å². The number of Topliss-reactive ketones (excluding diaryl/α,β-unsaturated/α-hetero) is 1. The zero-order valence-corrected chi connectivity index (χ0v) is 14.8. The Bertz CT molecular complexity index is 1220. The van der Waals surface area contributed by atoms with Crippen molar-refractivity contribution < 1.29 is 9.21 Å². The van der Waals surface area contributed by atoms with Gasteiger partial charge in [-0.15, -0.1) is 0 Å². The average Bonchev–Trinajstić information content (AvgIpc) is 3.33. The second-order valence-electron chi connectivity index (χ2n) is 5.93. The Kier molecular flexibility index (Phi) is 4.37. The van der Waals surface area contributed by atoms with Gasteiger partial charge in [0.2, 0.25) is 5.78 Å². The molecule has 0 aliphatic rings. The molecule has 0 unspecified atom stereocenters. The lowest BCUT2D eigenvalue weighted by Crippen LogP contribution is -2.00. The molecule has 5 heteroatoms. The lowest BCUT2D eigenvalue weighted by atomic mass is 10.0. The average molecular weight is 373 g/mol. The molecule has 0 aliphatic carbocycles. The maximum absolute atomic E-state index is 12.8. The Labute approximate surface area is 160 Å². The van der Waals surface area contributed by atoms with Gasteiger partial charge in [-0.1, -0.05) is 41.9 Å². The fourth-order valence-corrected chi connectivity index (χ4v) is 3.16. The SMILES string of the molecule is N#CC(=Cc1ccc(-c2ccccc2Cl)o1)C(=O)c1c[nH]c2ccccc12. The van der Waals surface area contributed by atoms with E-state index < -0.39 is 0 Å². The van der Waals surface area contributed by atoms with Crippen molar-refractivity contribution in [1.82, 2.24) is 4.98 Å². The minimum absolute atomic E-state index is 0.000174. The number of furan rings is 1. The van der Waals surface area contributed by atoms with Gasteiger partial charge in [0.15, 0.2) is 0 Å². The van der Waals surface area contributed by atoms with Gasteiger partial charge in [0.05, 0.1) is 5.02 Å². The molecular weight excluding hydrogens is 360 g/mol. The normalized spacial score (nSPS) is 11.5. The summed E-state index contributed by atoms with van der Waals surface area (Å²) in [6.07, 6.45) is 3.07. The molecule has 4 nitrogen and oxygen atoms in total. The summed E-state index contributed by atoms with van der Waals surface area (Å²) in [6, 6.07) is 20.2. The van der Waals surface area contributed by atoms with Crippen LogP contribution in [-0.4, -0.2) is 10.8 Å². The fraction of sp³-hybridized carbons (Fsp3) is 0. The summed E-state index contributed by atoms with van der Waals surface area (Å²) in [5, 5.41) is 10.8. The number of ketones is 1. The number of hydrogen-bond acceptors (Lipinski definition) is 3. The molecule has 0 saturated carbocycles. The number of halogens is 1. The highest BCUT2D eigenvalue weighted by Crippen LogP contribution is 2.30. The molecule has 0 aliphatic heterocycles. The summed E-state index contributed by atoms with van der Waals surface area (Å²) in [6.45, 7) is 0. The smallest absolute Gasteiger partial charge is 0.205 e. The van der Waals surface area contributed by atoms with Crippen molar-refractivity contribution >= 4 is 34.4 Å². The number of nitrogens with zero attached hydrogens (tertiary/aromatic N) is 1. The molecule has 0 bridgehead atoms. The summed E-state index contributed by atoms with van der Waals surface area (Å²) in [4.78, 5) is 15.9. The van der Waals surface area contributed by atoms with E-state index in [9.17, 15) is 10.1 Å². The van der Waals surface area contributed by atoms with Crippen LogP contribution in [0, 0.1) is 11.3 Å². The Balaban J connectivity index is 1.69. The molecule has 0 radical (unpaired) electrons. The van der Waals surface area contributed by atoms with E-state index in [-0.39, 0.29) is 11.4 Å². The fourth-order valence-electron chi connectivity index (χ4n) is 2.93. The lowest BCUT2D eigenvalue weighted by molar-refractivity contribution is 0.104. The summed E-state index contributed by atoms with van der Waals surface area (Å²) in [5.41, 5.74) is 2.05. The number of fused-ring (bicyclic) bond motifs is 1. The first-order chi connectivity index (χ1) is 13.2. The van der Waals surface area contributed by atoms with Crippen LogP contribution >= 0.6 is 11.6 Å². The predicted octanol–water partition coefficient (Wildman–Crippen LogP) is 5.87. The largest absolute Gasteiger partial charge is 0.457 e. The van der Waals surface area contributed by atoms with Crippen LogP contribution in [0.15, 0.2) is 76.9 Å². The van der Waals surface area contributed by atoms with Crippen molar-refractivity contribution in [3.63, 3.8) is 0 Å². The third-order valence-corrected chi connectivity index (χ3v) is 4.58. The molecule has 0 spiro atoms. The number of carbonyl (C=O) groups excluding carboxylic acids is 1. The molecule has 0 saturated heterocycles. The Morgan fingerprint density at radius 2 is 1.85 bits per heavy atom. The quantitative estimate of drug-likeness (QED) is 0.276. The number of H-pyrrole nitrogens is 1. The number of allylic oxidation sites excluding steroid dienone is 1. The van der Waals surface area contributed by atoms with Crippen LogP contribution in [0.1, 0.15) is 16.1 Å². The van der Waals surface area contributed by atoms with E-state index in [0.29, 0.717) is 22.1 Å². The van der Waals surface area contributed by atoms with Gasteiger partial charge in [-0.3, -0.25) is 4.79 Å². The van der Waals surface area contributed by atoms with E-state index >= 15 is 0 Å². The second-order valence-corrected chi connectivity index (χ2v) is 6.34. The second kappa shape index (κ2) is 6.99. The van der Waals surface area contributed by atoms with E-state index in [0.717, 1.165) is 16.5 Å². The number of carbonyl (C=O) groups is 1. The Hall–Kier alpha value is -3.55. The topological polar surface area (TPSA) is 69.8 Å². The molecular formula is C22H13ClN2O2. The first kappa shape index (κ1) is 16.9. The van der Waals surface area contributed by atoms with Crippen molar-refractivity contribution in [3.05, 3.63) is 88.8 Å². The van der Waals surface area contributed by atoms with Crippen LogP contribution in [0.4, 0.5) is 0 Å². The zero-order valence-electron chi connectivity index (χ0n) is 14.1. The van der Waals surface area contributed by atoms with Gasteiger partial charge in [-0.05, 0) is 30.3 Å². The van der Waals surface area contributed by atoms with Crippen LogP contribution in [-0.2, 0) is 0 Å². The number of aromatic amines is 1. The van der Waals surface area contributed by atoms with Crippen molar-refractivity contribution in [2.45, 2.75) is 0 Å². The number of aromatic nitrogens is 1. The summed E-state index contributed by atoms with van der Waals surface area (Å²) >= 11 is 6.19. The molecule has 2 heterocycles. The van der Waals surface area contributed by atoms with Crippen LogP contribution in [0.25, 0.3) is 28.3 Å². The van der Waals surface area contributed by atoms with E-state index in [1.807, 2.05) is 48.5 Å². The monoisotopic (exact) mass is 372 g/mol. The molecule has 130 valence electrons. The molecule has 27 heavy (non-hydrogen) atoms. The highest BCUT2D eigenvalue weighted by Gasteiger charge is 2.17. The van der Waals surface area contributed by atoms with Gasteiger partial charge in [-0.2, -0.15) is 5.26 Å². The Morgan fingerprint density at radius 1 is 1.07 bits per heavy atom. The Morgan fingerprint density at radius 3 is 2.67 bits per heavy atom. The lowest BCUT2D eigenvalue weighted by Gasteiger charge is -1.99. The first-order valence-electron chi connectivity index (χ1n) is 8.25. The molecule has 0 amide bonds. The third-order valence-electron chi connectivity index (χ3n) is 4.25. The minimum Gasteiger partial charge on any atom is -0.457 e. The highest BCUT2D eigenvalue weighted by molar-refractivity contribution is 6.33. The molecule has 0 fully saturated rings. The van der Waals surface area contributed by atoms with Gasteiger partial charge in [-0.25, -0.2) is 0 Å². The van der Waals surface area contributed by atoms with Gasteiger partial charge < -0.3 is 9.40 Å². The van der Waals surface area contributed by atoms with Crippen LogP contribution in [0.3, 0.4) is 0 Å². The molecule has 1 N–H and O–H groups in total. The number of para-hydroxylation sites is 1. The van der Waals surface area contributed by atoms with Crippen molar-refractivity contribution in [2.75, 3.05) is 0 Å². The zero-order chi connectivity index (χ0) is 18.8. The van der Waals surface area contributed by atoms with Gasteiger partial charge in [0.1, 0.15) is 23.2 Å². The first-order valence-corrected chi connectivity index (χ1v) is 8.62. The van der Waals surface area contributed by atoms with E-state index in [1.165, 1.54) is 6.08 Å². The molecule has 2 aromatic carbocycles.